The van der Waals surface area contributed by atoms with Gasteiger partial charge in [0, 0.05) is 27.7 Å². The third-order valence-electron chi connectivity index (χ3n) is 3.11. The molecule has 92 valence electrons. The van der Waals surface area contributed by atoms with E-state index in [1.807, 2.05) is 25.2 Å². The predicted molar refractivity (Wildman–Crippen MR) is 73.9 cm³/mol. The third kappa shape index (κ3) is 2.45. The summed E-state index contributed by atoms with van der Waals surface area (Å²) in [5.41, 5.74) is 1.16. The minimum atomic E-state index is -0.735. The largest absolute Gasteiger partial charge is 0.481 e. The number of anilines is 1. The Kier molecular flexibility index (Phi) is 3.68. The molecule has 1 aliphatic heterocycles. The Labute approximate surface area is 113 Å². The van der Waals surface area contributed by atoms with E-state index in [1.165, 1.54) is 0 Å². The first kappa shape index (κ1) is 12.8. The molecule has 1 N–H and O–H groups in total. The van der Waals surface area contributed by atoms with Crippen molar-refractivity contribution >= 4 is 39.3 Å². The number of fused-ring (bicyclic) bond motifs is 1. The van der Waals surface area contributed by atoms with Gasteiger partial charge in [0.2, 0.25) is 0 Å². The summed E-state index contributed by atoms with van der Waals surface area (Å²) in [6, 6.07) is 6.25. The average molecular weight is 316 g/mol. The molecular formula is C12H14BrNO2S. The van der Waals surface area contributed by atoms with Crippen LogP contribution < -0.4 is 4.90 Å². The minimum Gasteiger partial charge on any atom is -0.481 e. The van der Waals surface area contributed by atoms with Gasteiger partial charge in [-0.1, -0.05) is 6.07 Å². The number of hydrogen-bond acceptors (Lipinski definition) is 3. The highest BCUT2D eigenvalue weighted by atomic mass is 79.9. The number of thioether (sulfide) groups is 1. The Bertz CT molecular complexity index is 452. The monoisotopic (exact) mass is 315 g/mol. The molecule has 1 aromatic carbocycles. The van der Waals surface area contributed by atoms with Crippen LogP contribution in [0.2, 0.25) is 0 Å². The summed E-state index contributed by atoms with van der Waals surface area (Å²) in [6.45, 7) is 2.07. The van der Waals surface area contributed by atoms with Crippen molar-refractivity contribution in [3.05, 3.63) is 22.7 Å². The second kappa shape index (κ2) is 4.90. The van der Waals surface area contributed by atoms with Crippen molar-refractivity contribution in [2.75, 3.05) is 11.9 Å². The van der Waals surface area contributed by atoms with Crippen LogP contribution in [-0.4, -0.2) is 29.4 Å². The van der Waals surface area contributed by atoms with Gasteiger partial charge in [0.25, 0.3) is 0 Å². The third-order valence-corrected chi connectivity index (χ3v) is 5.19. The summed E-state index contributed by atoms with van der Waals surface area (Å²) in [6.07, 6.45) is 0.197. The van der Waals surface area contributed by atoms with Crippen molar-refractivity contribution in [3.63, 3.8) is 0 Å². The Morgan fingerprint density at radius 1 is 1.59 bits per heavy atom. The van der Waals surface area contributed by atoms with Crippen molar-refractivity contribution in [1.29, 1.82) is 0 Å². The van der Waals surface area contributed by atoms with Crippen molar-refractivity contribution in [2.45, 2.75) is 29.5 Å². The van der Waals surface area contributed by atoms with Crippen LogP contribution in [-0.2, 0) is 4.79 Å². The molecule has 17 heavy (non-hydrogen) atoms. The van der Waals surface area contributed by atoms with Gasteiger partial charge in [-0.25, -0.2) is 0 Å². The van der Waals surface area contributed by atoms with Gasteiger partial charge in [0.15, 0.2) is 0 Å². The number of hydrogen-bond donors (Lipinski definition) is 1. The normalized spacial score (nSPS) is 23.4. The molecule has 0 amide bonds. The fraction of sp³-hybridized carbons (Fsp3) is 0.417. The molecule has 0 bridgehead atoms. The molecule has 0 saturated carbocycles. The standard InChI is InChI=1S/C12H14BrNO2S/c1-7-10(6-11(15)16)17-9-5-3-4-8(13)12(9)14(7)2/h3-5,7,10H,6H2,1-2H3,(H,15,16). The van der Waals surface area contributed by atoms with E-state index in [2.05, 4.69) is 27.8 Å². The van der Waals surface area contributed by atoms with Crippen molar-refractivity contribution < 1.29 is 9.90 Å². The molecule has 2 unspecified atom stereocenters. The summed E-state index contributed by atoms with van der Waals surface area (Å²) in [4.78, 5) is 14.2. The van der Waals surface area contributed by atoms with E-state index in [1.54, 1.807) is 11.8 Å². The average Bonchev–Trinajstić information content (AvgIpc) is 2.24. The number of halogens is 1. The van der Waals surface area contributed by atoms with Gasteiger partial charge in [0.1, 0.15) is 0 Å². The fourth-order valence-corrected chi connectivity index (χ4v) is 4.26. The van der Waals surface area contributed by atoms with Crippen LogP contribution in [0.3, 0.4) is 0 Å². The summed E-state index contributed by atoms with van der Waals surface area (Å²) < 4.78 is 1.06. The highest BCUT2D eigenvalue weighted by molar-refractivity contribution is 9.10. The summed E-state index contributed by atoms with van der Waals surface area (Å²) in [5, 5.41) is 9.03. The predicted octanol–water partition coefficient (Wildman–Crippen LogP) is 3.22. The molecule has 0 fully saturated rings. The van der Waals surface area contributed by atoms with Gasteiger partial charge in [-0.15, -0.1) is 11.8 Å². The first-order valence-corrected chi connectivity index (χ1v) is 7.07. The Morgan fingerprint density at radius 2 is 2.29 bits per heavy atom. The topological polar surface area (TPSA) is 40.5 Å². The molecule has 0 spiro atoms. The van der Waals surface area contributed by atoms with Crippen molar-refractivity contribution in [2.24, 2.45) is 0 Å². The van der Waals surface area contributed by atoms with Gasteiger partial charge in [-0.2, -0.15) is 0 Å². The fourth-order valence-electron chi connectivity index (χ4n) is 2.03. The number of aliphatic carboxylic acids is 1. The van der Waals surface area contributed by atoms with Gasteiger partial charge < -0.3 is 10.0 Å². The van der Waals surface area contributed by atoms with Gasteiger partial charge >= 0.3 is 5.97 Å². The molecule has 1 aliphatic rings. The molecule has 1 heterocycles. The van der Waals surface area contributed by atoms with E-state index >= 15 is 0 Å². The molecule has 3 nitrogen and oxygen atoms in total. The first-order valence-electron chi connectivity index (χ1n) is 5.40. The molecule has 0 aliphatic carbocycles. The van der Waals surface area contributed by atoms with Crippen LogP contribution in [0.15, 0.2) is 27.6 Å². The van der Waals surface area contributed by atoms with E-state index in [4.69, 9.17) is 5.11 Å². The van der Waals surface area contributed by atoms with Crippen LogP contribution in [0.5, 0.6) is 0 Å². The minimum absolute atomic E-state index is 0.0966. The number of carbonyl (C=O) groups is 1. The smallest absolute Gasteiger partial charge is 0.304 e. The Hall–Kier alpha value is -0.680. The summed E-state index contributed by atoms with van der Waals surface area (Å²) >= 11 is 5.21. The summed E-state index contributed by atoms with van der Waals surface area (Å²) in [7, 11) is 2.02. The lowest BCUT2D eigenvalue weighted by Gasteiger charge is -2.39. The maximum Gasteiger partial charge on any atom is 0.304 e. The van der Waals surface area contributed by atoms with Crippen LogP contribution in [0.1, 0.15) is 13.3 Å². The Balaban J connectivity index is 2.35. The van der Waals surface area contributed by atoms with E-state index in [0.29, 0.717) is 0 Å². The SMILES string of the molecule is CC1C(CC(=O)O)Sc2cccc(Br)c2N1C. The molecule has 0 radical (unpaired) electrons. The zero-order valence-electron chi connectivity index (χ0n) is 9.68. The second-order valence-corrected chi connectivity index (χ2v) is 6.33. The van der Waals surface area contributed by atoms with E-state index in [0.717, 1.165) is 15.1 Å². The zero-order chi connectivity index (χ0) is 12.6. The molecule has 2 atom stereocenters. The van der Waals surface area contributed by atoms with Gasteiger partial charge in [-0.05, 0) is 35.0 Å². The highest BCUT2D eigenvalue weighted by Gasteiger charge is 2.32. The number of rotatable bonds is 2. The molecule has 1 aromatic rings. The lowest BCUT2D eigenvalue weighted by molar-refractivity contribution is -0.137. The lowest BCUT2D eigenvalue weighted by Crippen LogP contribution is -2.41. The second-order valence-electron chi connectivity index (χ2n) is 4.19. The zero-order valence-corrected chi connectivity index (χ0v) is 12.1. The highest BCUT2D eigenvalue weighted by Crippen LogP contribution is 2.45. The number of carboxylic acid groups (broad SMARTS) is 1. The summed E-state index contributed by atoms with van der Waals surface area (Å²) in [5.74, 6) is -0.735. The van der Waals surface area contributed by atoms with Gasteiger partial charge in [0.05, 0.1) is 12.1 Å². The number of para-hydroxylation sites is 1. The van der Waals surface area contributed by atoms with E-state index < -0.39 is 5.97 Å². The number of nitrogens with zero attached hydrogens (tertiary/aromatic N) is 1. The van der Waals surface area contributed by atoms with Gasteiger partial charge in [-0.3, -0.25) is 4.79 Å². The van der Waals surface area contributed by atoms with Crippen LogP contribution >= 0.6 is 27.7 Å². The molecule has 2 rings (SSSR count). The van der Waals surface area contributed by atoms with E-state index in [9.17, 15) is 4.79 Å². The van der Waals surface area contributed by atoms with Crippen LogP contribution in [0.25, 0.3) is 0 Å². The van der Waals surface area contributed by atoms with Crippen molar-refractivity contribution in [1.82, 2.24) is 0 Å². The lowest BCUT2D eigenvalue weighted by atomic mass is 10.1. The quantitative estimate of drug-likeness (QED) is 0.909. The molecule has 5 heteroatoms. The maximum absolute atomic E-state index is 10.9. The number of benzene rings is 1. The van der Waals surface area contributed by atoms with E-state index in [-0.39, 0.29) is 17.7 Å². The van der Waals surface area contributed by atoms with Crippen LogP contribution in [0.4, 0.5) is 5.69 Å². The molecule has 0 aromatic heterocycles. The molecule has 0 saturated heterocycles. The number of carboxylic acids is 1. The Morgan fingerprint density at radius 3 is 2.94 bits per heavy atom. The maximum atomic E-state index is 10.9. The molecular weight excluding hydrogens is 302 g/mol. The first-order chi connectivity index (χ1) is 8.00. The van der Waals surface area contributed by atoms with Crippen molar-refractivity contribution in [3.8, 4) is 0 Å². The van der Waals surface area contributed by atoms with Crippen LogP contribution in [0, 0.1) is 0 Å².